The number of thiazole rings is 1. The van der Waals surface area contributed by atoms with Gasteiger partial charge >= 0.3 is 0 Å². The van der Waals surface area contributed by atoms with Gasteiger partial charge < -0.3 is 15.5 Å². The van der Waals surface area contributed by atoms with Gasteiger partial charge in [-0.15, -0.1) is 11.3 Å². The number of rotatable bonds is 7. The van der Waals surface area contributed by atoms with E-state index in [1.807, 2.05) is 0 Å². The quantitative estimate of drug-likeness (QED) is 0.596. The second-order valence-electron chi connectivity index (χ2n) is 6.33. The maximum atomic E-state index is 4.70. The van der Waals surface area contributed by atoms with Crippen LogP contribution in [0.25, 0.3) is 0 Å². The molecule has 0 aliphatic carbocycles. The van der Waals surface area contributed by atoms with Gasteiger partial charge in [0.2, 0.25) is 0 Å². The molecule has 0 spiro atoms. The zero-order valence-corrected chi connectivity index (χ0v) is 15.9. The molecule has 0 aromatic carbocycles. The lowest BCUT2D eigenvalue weighted by Crippen LogP contribution is -2.44. The average Bonchev–Trinajstić information content (AvgIpc) is 2.75. The molecule has 1 rings (SSSR count). The smallest absolute Gasteiger partial charge is 0.191 e. The fourth-order valence-corrected chi connectivity index (χ4v) is 2.62. The van der Waals surface area contributed by atoms with Crippen molar-refractivity contribution < 1.29 is 0 Å². The molecule has 2 N–H and O–H groups in total. The standard InChI is InChI=1S/C16H31N5S/c1-8-17-15(19-11-16(4,5)21(6)7)18-10-9-14-20-12(2)13(3)22-14/h8-11H2,1-7H3,(H2,17,18,19). The number of guanidine groups is 1. The van der Waals surface area contributed by atoms with E-state index in [-0.39, 0.29) is 5.54 Å². The minimum Gasteiger partial charge on any atom is -0.357 e. The SMILES string of the molecule is CCNC(=NCC(C)(C)N(C)C)NCCc1nc(C)c(C)s1. The summed E-state index contributed by atoms with van der Waals surface area (Å²) in [6, 6.07) is 0. The summed E-state index contributed by atoms with van der Waals surface area (Å²) in [6.07, 6.45) is 0.931. The zero-order chi connectivity index (χ0) is 16.8. The second-order valence-corrected chi connectivity index (χ2v) is 7.62. The van der Waals surface area contributed by atoms with E-state index in [0.717, 1.165) is 37.7 Å². The molecule has 0 aliphatic rings. The molecular formula is C16H31N5S. The van der Waals surface area contributed by atoms with E-state index in [9.17, 15) is 0 Å². The van der Waals surface area contributed by atoms with Crippen molar-refractivity contribution in [2.45, 2.75) is 46.6 Å². The molecule has 0 bridgehead atoms. The maximum absolute atomic E-state index is 4.70. The Morgan fingerprint density at radius 3 is 2.45 bits per heavy atom. The third-order valence-corrected chi connectivity index (χ3v) is 5.02. The van der Waals surface area contributed by atoms with Crippen molar-refractivity contribution in [3.8, 4) is 0 Å². The van der Waals surface area contributed by atoms with Crippen molar-refractivity contribution >= 4 is 17.3 Å². The van der Waals surface area contributed by atoms with Crippen molar-refractivity contribution in [2.24, 2.45) is 4.99 Å². The van der Waals surface area contributed by atoms with Crippen LogP contribution in [0.2, 0.25) is 0 Å². The van der Waals surface area contributed by atoms with Gasteiger partial charge in [0.1, 0.15) is 0 Å². The van der Waals surface area contributed by atoms with Crippen LogP contribution in [0.15, 0.2) is 4.99 Å². The topological polar surface area (TPSA) is 52.6 Å². The summed E-state index contributed by atoms with van der Waals surface area (Å²) in [4.78, 5) is 12.8. The van der Waals surface area contributed by atoms with E-state index in [1.54, 1.807) is 11.3 Å². The summed E-state index contributed by atoms with van der Waals surface area (Å²) in [5.74, 6) is 0.877. The van der Waals surface area contributed by atoms with Crippen LogP contribution in [-0.4, -0.2) is 55.1 Å². The summed E-state index contributed by atoms with van der Waals surface area (Å²) in [6.45, 7) is 13.1. The Balaban J connectivity index is 2.53. The number of likely N-dealkylation sites (N-methyl/N-ethyl adjacent to an activating group) is 1. The third kappa shape index (κ3) is 5.93. The van der Waals surface area contributed by atoms with Crippen molar-refractivity contribution in [3.63, 3.8) is 0 Å². The number of nitrogens with zero attached hydrogens (tertiary/aromatic N) is 3. The zero-order valence-electron chi connectivity index (χ0n) is 15.1. The maximum Gasteiger partial charge on any atom is 0.191 e. The first-order valence-corrected chi connectivity index (χ1v) is 8.70. The molecule has 1 aromatic rings. The summed E-state index contributed by atoms with van der Waals surface area (Å²) in [5.41, 5.74) is 1.19. The highest BCUT2D eigenvalue weighted by molar-refractivity contribution is 7.11. The summed E-state index contributed by atoms with van der Waals surface area (Å²) in [5, 5.41) is 7.88. The van der Waals surface area contributed by atoms with Crippen molar-refractivity contribution in [3.05, 3.63) is 15.6 Å². The Kier molecular flexibility index (Phi) is 7.29. The third-order valence-electron chi connectivity index (χ3n) is 3.88. The number of hydrogen-bond donors (Lipinski definition) is 2. The van der Waals surface area contributed by atoms with Crippen molar-refractivity contribution in [2.75, 3.05) is 33.7 Å². The fourth-order valence-electron chi connectivity index (χ4n) is 1.69. The van der Waals surface area contributed by atoms with Crippen LogP contribution in [0.3, 0.4) is 0 Å². The predicted octanol–water partition coefficient (Wildman–Crippen LogP) is 2.20. The van der Waals surface area contributed by atoms with Crippen LogP contribution in [0.5, 0.6) is 0 Å². The summed E-state index contributed by atoms with van der Waals surface area (Å²) >= 11 is 1.78. The van der Waals surface area contributed by atoms with Crippen molar-refractivity contribution in [1.29, 1.82) is 0 Å². The summed E-state index contributed by atoms with van der Waals surface area (Å²) < 4.78 is 0. The lowest BCUT2D eigenvalue weighted by Gasteiger charge is -2.31. The van der Waals surface area contributed by atoms with Crippen LogP contribution < -0.4 is 10.6 Å². The average molecular weight is 326 g/mol. The number of hydrogen-bond acceptors (Lipinski definition) is 4. The molecule has 5 nitrogen and oxygen atoms in total. The Bertz CT molecular complexity index is 471. The van der Waals surface area contributed by atoms with Gasteiger partial charge in [0.25, 0.3) is 0 Å². The van der Waals surface area contributed by atoms with Gasteiger partial charge in [-0.1, -0.05) is 0 Å². The van der Waals surface area contributed by atoms with Gasteiger partial charge in [-0.3, -0.25) is 4.99 Å². The molecule has 0 unspecified atom stereocenters. The predicted molar refractivity (Wildman–Crippen MR) is 97.0 cm³/mol. The first-order valence-electron chi connectivity index (χ1n) is 7.88. The van der Waals surface area contributed by atoms with Gasteiger partial charge in [0.15, 0.2) is 5.96 Å². The first kappa shape index (κ1) is 18.9. The molecule has 6 heteroatoms. The van der Waals surface area contributed by atoms with Crippen LogP contribution in [0.4, 0.5) is 0 Å². The van der Waals surface area contributed by atoms with E-state index in [4.69, 9.17) is 4.99 Å². The molecule has 126 valence electrons. The summed E-state index contributed by atoms with van der Waals surface area (Å²) in [7, 11) is 4.17. The molecule has 0 saturated carbocycles. The molecule has 1 aromatic heterocycles. The lowest BCUT2D eigenvalue weighted by atomic mass is 10.1. The van der Waals surface area contributed by atoms with E-state index in [0.29, 0.717) is 0 Å². The molecule has 0 atom stereocenters. The Morgan fingerprint density at radius 1 is 1.27 bits per heavy atom. The van der Waals surface area contributed by atoms with Gasteiger partial charge in [-0.25, -0.2) is 4.98 Å². The fraction of sp³-hybridized carbons (Fsp3) is 0.750. The second kappa shape index (κ2) is 8.48. The van der Waals surface area contributed by atoms with E-state index < -0.39 is 0 Å². The van der Waals surface area contributed by atoms with Gasteiger partial charge in [-0.05, 0) is 48.7 Å². The number of nitrogens with one attached hydrogen (secondary N) is 2. The largest absolute Gasteiger partial charge is 0.357 e. The molecule has 0 fully saturated rings. The highest BCUT2D eigenvalue weighted by atomic mass is 32.1. The van der Waals surface area contributed by atoms with Crippen LogP contribution >= 0.6 is 11.3 Å². The molecule has 1 heterocycles. The highest BCUT2D eigenvalue weighted by Gasteiger charge is 2.19. The van der Waals surface area contributed by atoms with Gasteiger partial charge in [0.05, 0.1) is 17.2 Å². The van der Waals surface area contributed by atoms with E-state index in [1.165, 1.54) is 9.88 Å². The van der Waals surface area contributed by atoms with Crippen LogP contribution in [0.1, 0.15) is 36.3 Å². The number of aryl methyl sites for hydroxylation is 2. The van der Waals surface area contributed by atoms with E-state index in [2.05, 4.69) is 69.2 Å². The van der Waals surface area contributed by atoms with E-state index >= 15 is 0 Å². The van der Waals surface area contributed by atoms with Gasteiger partial charge in [0, 0.05) is 29.9 Å². The minimum atomic E-state index is 0.0475. The minimum absolute atomic E-state index is 0.0475. The monoisotopic (exact) mass is 325 g/mol. The Morgan fingerprint density at radius 2 is 1.95 bits per heavy atom. The Hall–Kier alpha value is -1.14. The number of aromatic nitrogens is 1. The molecule has 0 radical (unpaired) electrons. The molecular weight excluding hydrogens is 294 g/mol. The molecule has 0 amide bonds. The normalized spacial score (nSPS) is 12.8. The van der Waals surface area contributed by atoms with Crippen LogP contribution in [0, 0.1) is 13.8 Å². The molecule has 0 saturated heterocycles. The number of aliphatic imine (C=N–C) groups is 1. The molecule has 22 heavy (non-hydrogen) atoms. The lowest BCUT2D eigenvalue weighted by molar-refractivity contribution is 0.204. The van der Waals surface area contributed by atoms with Crippen molar-refractivity contribution in [1.82, 2.24) is 20.5 Å². The molecule has 0 aliphatic heterocycles. The van der Waals surface area contributed by atoms with Gasteiger partial charge in [-0.2, -0.15) is 0 Å². The highest BCUT2D eigenvalue weighted by Crippen LogP contribution is 2.16. The first-order chi connectivity index (χ1) is 10.3. The Labute approximate surface area is 139 Å². The van der Waals surface area contributed by atoms with Crippen LogP contribution in [-0.2, 0) is 6.42 Å².